The van der Waals surface area contributed by atoms with E-state index in [0.717, 1.165) is 19.6 Å². The van der Waals surface area contributed by atoms with Crippen molar-refractivity contribution in [2.75, 3.05) is 20.2 Å². The lowest BCUT2D eigenvalue weighted by atomic mass is 10.2. The number of aliphatic hydroxyl groups excluding tert-OH is 1. The zero-order valence-corrected chi connectivity index (χ0v) is 11.2. The molecule has 1 N–H and O–H groups in total. The Morgan fingerprint density at radius 2 is 2.33 bits per heavy atom. The summed E-state index contributed by atoms with van der Waals surface area (Å²) in [6.07, 6.45) is 0.682. The summed E-state index contributed by atoms with van der Waals surface area (Å²) < 4.78 is 5.69. The number of rotatable bonds is 3. The minimum absolute atomic E-state index is 0.162. The van der Waals surface area contributed by atoms with Gasteiger partial charge in [0.05, 0.1) is 12.7 Å². The number of nitrogens with zero attached hydrogens (tertiary/aromatic N) is 1. The molecule has 0 bridgehead atoms. The second kappa shape index (κ2) is 5.28. The molecule has 0 spiro atoms. The fourth-order valence-electron chi connectivity index (χ4n) is 1.43. The highest BCUT2D eigenvalue weighted by Gasteiger charge is 2.28. The van der Waals surface area contributed by atoms with E-state index in [2.05, 4.69) is 50.1 Å². The Bertz CT molecular complexity index is 145. The Morgan fingerprint density at radius 3 is 2.75 bits per heavy atom. The fraction of sp³-hybridized carbons (Fsp3) is 1.00. The van der Waals surface area contributed by atoms with Gasteiger partial charge in [-0.25, -0.2) is 0 Å². The number of halogens is 2. The third-order valence-electron chi connectivity index (χ3n) is 2.08. The summed E-state index contributed by atoms with van der Waals surface area (Å²) in [5.41, 5.74) is 0. The number of alkyl halides is 2. The summed E-state index contributed by atoms with van der Waals surface area (Å²) in [6.45, 7) is 1.51. The largest absolute Gasteiger partial charge is 0.392 e. The van der Waals surface area contributed by atoms with Crippen LogP contribution in [0.3, 0.4) is 0 Å². The molecule has 0 unspecified atom stereocenters. The van der Waals surface area contributed by atoms with Crippen molar-refractivity contribution < 1.29 is 9.84 Å². The number of likely N-dealkylation sites (N-methyl/N-ethyl adjacent to an activating group) is 1. The summed E-state index contributed by atoms with van der Waals surface area (Å²) >= 11 is 4.45. The van der Waals surface area contributed by atoms with Crippen LogP contribution in [-0.4, -0.2) is 44.5 Å². The Hall–Kier alpha value is 1.34. The van der Waals surface area contributed by atoms with Crippen molar-refractivity contribution >= 4 is 45.2 Å². The Labute approximate surface area is 100 Å². The first-order valence-corrected chi connectivity index (χ1v) is 6.36. The fourth-order valence-corrected chi connectivity index (χ4v) is 1.84. The Morgan fingerprint density at radius 1 is 1.67 bits per heavy atom. The molecular formula is C7H13I2NO2. The van der Waals surface area contributed by atoms with Gasteiger partial charge in [0.15, 0.2) is 2.12 Å². The van der Waals surface area contributed by atoms with Gasteiger partial charge in [0, 0.05) is 12.6 Å². The first-order chi connectivity index (χ1) is 5.59. The number of hydrogen-bond acceptors (Lipinski definition) is 3. The van der Waals surface area contributed by atoms with Crippen molar-refractivity contribution in [1.82, 2.24) is 4.90 Å². The monoisotopic (exact) mass is 397 g/mol. The predicted octanol–water partition coefficient (Wildman–Crippen LogP) is 1.22. The molecule has 0 aromatic rings. The molecule has 0 aromatic carbocycles. The molecule has 1 fully saturated rings. The number of ether oxygens (including phenoxy) is 1. The normalized spacial score (nSPS) is 31.8. The van der Waals surface area contributed by atoms with Crippen molar-refractivity contribution in [3.05, 3.63) is 0 Å². The third-order valence-corrected chi connectivity index (χ3v) is 2.80. The lowest BCUT2D eigenvalue weighted by molar-refractivity contribution is 0.117. The SMILES string of the molecule is CN1C[C@@H](O)C[C@H]1COC(I)I. The van der Waals surface area contributed by atoms with E-state index in [0.29, 0.717) is 6.04 Å². The molecule has 1 aliphatic rings. The van der Waals surface area contributed by atoms with Gasteiger partial charge in [-0.3, -0.25) is 4.90 Å². The second-order valence-electron chi connectivity index (χ2n) is 3.08. The molecule has 0 radical (unpaired) electrons. The molecule has 0 amide bonds. The summed E-state index contributed by atoms with van der Waals surface area (Å²) in [7, 11) is 2.03. The van der Waals surface area contributed by atoms with Crippen molar-refractivity contribution in [3.63, 3.8) is 0 Å². The molecule has 1 heterocycles. The molecule has 1 aliphatic heterocycles. The zero-order valence-electron chi connectivity index (χ0n) is 6.91. The molecule has 0 aliphatic carbocycles. The van der Waals surface area contributed by atoms with Crippen LogP contribution in [0.2, 0.25) is 0 Å². The van der Waals surface area contributed by atoms with Gasteiger partial charge in [-0.2, -0.15) is 0 Å². The van der Waals surface area contributed by atoms with Gasteiger partial charge in [-0.1, -0.05) is 0 Å². The molecule has 3 nitrogen and oxygen atoms in total. The summed E-state index contributed by atoms with van der Waals surface area (Å²) in [4.78, 5) is 2.15. The van der Waals surface area contributed by atoms with Crippen molar-refractivity contribution in [2.45, 2.75) is 20.7 Å². The van der Waals surface area contributed by atoms with Crippen LogP contribution in [0.4, 0.5) is 0 Å². The minimum Gasteiger partial charge on any atom is -0.392 e. The number of hydrogen-bond donors (Lipinski definition) is 1. The first kappa shape index (κ1) is 11.4. The number of likely N-dealkylation sites (tertiary alicyclic amines) is 1. The molecule has 12 heavy (non-hydrogen) atoms. The van der Waals surface area contributed by atoms with Gasteiger partial charge >= 0.3 is 0 Å². The van der Waals surface area contributed by atoms with E-state index >= 15 is 0 Å². The summed E-state index contributed by atoms with van der Waals surface area (Å²) in [5.74, 6) is 0. The highest BCUT2D eigenvalue weighted by atomic mass is 127. The standard InChI is InChI=1S/C7H13I2NO2/c1-10-3-6(11)2-5(10)4-12-7(8)9/h5-7,11H,2-4H2,1H3/t5-,6-/m0/s1. The van der Waals surface area contributed by atoms with Crippen LogP contribution in [0.1, 0.15) is 6.42 Å². The van der Waals surface area contributed by atoms with Crippen LogP contribution in [0, 0.1) is 0 Å². The average Bonchev–Trinajstić information content (AvgIpc) is 2.26. The quantitative estimate of drug-likeness (QED) is 0.575. The molecule has 0 saturated carbocycles. The summed E-state index contributed by atoms with van der Waals surface area (Å²) in [5, 5.41) is 9.33. The summed E-state index contributed by atoms with van der Waals surface area (Å²) in [6, 6.07) is 0.395. The molecule has 5 heteroatoms. The maximum Gasteiger partial charge on any atom is 0.159 e. The maximum atomic E-state index is 9.33. The van der Waals surface area contributed by atoms with Crippen LogP contribution >= 0.6 is 45.2 Å². The number of aliphatic hydroxyl groups is 1. The molecule has 0 aromatic heterocycles. The van der Waals surface area contributed by atoms with Crippen LogP contribution in [0.25, 0.3) is 0 Å². The zero-order chi connectivity index (χ0) is 9.14. The van der Waals surface area contributed by atoms with Gasteiger partial charge in [0.2, 0.25) is 0 Å². The highest BCUT2D eigenvalue weighted by Crippen LogP contribution is 2.18. The molecule has 1 saturated heterocycles. The van der Waals surface area contributed by atoms with E-state index in [1.54, 1.807) is 0 Å². The lowest BCUT2D eigenvalue weighted by Crippen LogP contribution is -2.29. The van der Waals surface area contributed by atoms with Crippen molar-refractivity contribution in [3.8, 4) is 0 Å². The second-order valence-corrected chi connectivity index (χ2v) is 7.72. The van der Waals surface area contributed by atoms with E-state index in [4.69, 9.17) is 4.74 Å². The topological polar surface area (TPSA) is 32.7 Å². The highest BCUT2D eigenvalue weighted by molar-refractivity contribution is 14.2. The van der Waals surface area contributed by atoms with Gasteiger partial charge < -0.3 is 9.84 Å². The van der Waals surface area contributed by atoms with Crippen LogP contribution in [0.15, 0.2) is 0 Å². The minimum atomic E-state index is -0.162. The number of β-amino-alcohol motifs (C(OH)–C–C–N with tert-alkyl or cyclic N) is 1. The van der Waals surface area contributed by atoms with E-state index < -0.39 is 0 Å². The molecule has 1 rings (SSSR count). The smallest absolute Gasteiger partial charge is 0.159 e. The lowest BCUT2D eigenvalue weighted by Gasteiger charge is -2.18. The van der Waals surface area contributed by atoms with Crippen LogP contribution in [-0.2, 0) is 4.74 Å². The van der Waals surface area contributed by atoms with Crippen LogP contribution < -0.4 is 0 Å². The van der Waals surface area contributed by atoms with Gasteiger partial charge in [0.1, 0.15) is 0 Å². The first-order valence-electron chi connectivity index (χ1n) is 3.87. The van der Waals surface area contributed by atoms with Gasteiger partial charge in [0.25, 0.3) is 0 Å². The Kier molecular flexibility index (Phi) is 5.02. The van der Waals surface area contributed by atoms with E-state index in [1.165, 1.54) is 0 Å². The predicted molar refractivity (Wildman–Crippen MR) is 64.8 cm³/mol. The van der Waals surface area contributed by atoms with E-state index in [-0.39, 0.29) is 8.22 Å². The van der Waals surface area contributed by atoms with Gasteiger partial charge in [-0.05, 0) is 58.7 Å². The van der Waals surface area contributed by atoms with Gasteiger partial charge in [-0.15, -0.1) is 0 Å². The average molecular weight is 397 g/mol. The molecule has 72 valence electrons. The Balaban J connectivity index is 2.23. The van der Waals surface area contributed by atoms with Crippen LogP contribution in [0.5, 0.6) is 0 Å². The third kappa shape index (κ3) is 3.60. The maximum absolute atomic E-state index is 9.33. The van der Waals surface area contributed by atoms with E-state index in [1.807, 2.05) is 7.05 Å². The molecular weight excluding hydrogens is 384 g/mol. The molecule has 2 atom stereocenters. The van der Waals surface area contributed by atoms with Crippen molar-refractivity contribution in [1.29, 1.82) is 0 Å². The van der Waals surface area contributed by atoms with E-state index in [9.17, 15) is 5.11 Å². The van der Waals surface area contributed by atoms with Crippen molar-refractivity contribution in [2.24, 2.45) is 0 Å².